The highest BCUT2D eigenvalue weighted by atomic mass is 16.2. The molecule has 0 spiro atoms. The van der Waals surface area contributed by atoms with Crippen molar-refractivity contribution in [1.82, 2.24) is 15.0 Å². The number of aryl methyl sites for hydroxylation is 1. The summed E-state index contributed by atoms with van der Waals surface area (Å²) in [4.78, 5) is 16.7. The summed E-state index contributed by atoms with van der Waals surface area (Å²) in [5.74, 6) is 0.553. The first-order valence-electron chi connectivity index (χ1n) is 8.00. The van der Waals surface area contributed by atoms with Gasteiger partial charge in [0.15, 0.2) is 0 Å². The van der Waals surface area contributed by atoms with Gasteiger partial charge in [-0.1, -0.05) is 49.4 Å². The van der Waals surface area contributed by atoms with Crippen molar-refractivity contribution in [3.63, 3.8) is 0 Å². The normalized spacial score (nSPS) is 11.7. The van der Waals surface area contributed by atoms with Gasteiger partial charge in [0.1, 0.15) is 5.82 Å². The second-order valence-electron chi connectivity index (χ2n) is 5.57. The molecule has 0 bridgehead atoms. The van der Waals surface area contributed by atoms with Crippen molar-refractivity contribution in [2.24, 2.45) is 12.1 Å². The molecular weight excluding hydrogens is 300 g/mol. The first kappa shape index (κ1) is 15.9. The number of nitrogens with one attached hydrogen (secondary N) is 1. The van der Waals surface area contributed by atoms with E-state index < -0.39 is 0 Å². The number of aromatic nitrogens is 2. The molecule has 0 fully saturated rings. The lowest BCUT2D eigenvalue weighted by atomic mass is 10.1. The zero-order chi connectivity index (χ0) is 16.9. The van der Waals surface area contributed by atoms with Crippen LogP contribution in [0.15, 0.2) is 59.7 Å². The largest absolute Gasteiger partial charge is 0.331 e. The SMILES string of the molecule is CC/C(=N\NC(=O)Cc1nc2ccccc2n1C)c1ccccc1. The number of para-hydroxylation sites is 2. The van der Waals surface area contributed by atoms with Crippen molar-refractivity contribution in [2.45, 2.75) is 19.8 Å². The van der Waals surface area contributed by atoms with Gasteiger partial charge < -0.3 is 4.57 Å². The number of rotatable bonds is 5. The highest BCUT2D eigenvalue weighted by Crippen LogP contribution is 2.14. The fourth-order valence-electron chi connectivity index (χ4n) is 2.64. The van der Waals surface area contributed by atoms with Gasteiger partial charge in [-0.25, -0.2) is 10.4 Å². The Labute approximate surface area is 141 Å². The highest BCUT2D eigenvalue weighted by Gasteiger charge is 2.11. The molecule has 0 unspecified atom stereocenters. The van der Waals surface area contributed by atoms with Gasteiger partial charge in [0.25, 0.3) is 0 Å². The number of hydrogen-bond acceptors (Lipinski definition) is 3. The molecule has 122 valence electrons. The molecule has 1 aromatic heterocycles. The van der Waals surface area contributed by atoms with Crippen LogP contribution >= 0.6 is 0 Å². The Kier molecular flexibility index (Phi) is 4.70. The number of amides is 1. The summed E-state index contributed by atoms with van der Waals surface area (Å²) in [6.07, 6.45) is 0.942. The molecule has 5 nitrogen and oxygen atoms in total. The van der Waals surface area contributed by atoms with Crippen LogP contribution in [0.3, 0.4) is 0 Å². The first-order valence-corrected chi connectivity index (χ1v) is 8.00. The summed E-state index contributed by atoms with van der Waals surface area (Å²) < 4.78 is 1.94. The van der Waals surface area contributed by atoms with E-state index >= 15 is 0 Å². The third kappa shape index (κ3) is 3.35. The molecule has 0 atom stereocenters. The Morgan fingerprint density at radius 1 is 1.12 bits per heavy atom. The van der Waals surface area contributed by atoms with Crippen LogP contribution < -0.4 is 5.43 Å². The summed E-state index contributed by atoms with van der Waals surface area (Å²) in [6, 6.07) is 17.7. The number of carbonyl (C=O) groups is 1. The van der Waals surface area contributed by atoms with Crippen LogP contribution in [-0.4, -0.2) is 21.2 Å². The molecule has 0 saturated heterocycles. The Bertz CT molecular complexity index is 881. The molecule has 5 heteroatoms. The van der Waals surface area contributed by atoms with Gasteiger partial charge in [0.05, 0.1) is 23.2 Å². The van der Waals surface area contributed by atoms with Crippen LogP contribution in [0.2, 0.25) is 0 Å². The zero-order valence-corrected chi connectivity index (χ0v) is 13.9. The van der Waals surface area contributed by atoms with E-state index in [1.54, 1.807) is 0 Å². The van der Waals surface area contributed by atoms with Gasteiger partial charge in [0.2, 0.25) is 5.91 Å². The fourth-order valence-corrected chi connectivity index (χ4v) is 2.64. The Morgan fingerprint density at radius 3 is 2.54 bits per heavy atom. The number of hydrogen-bond donors (Lipinski definition) is 1. The molecule has 0 aliphatic heterocycles. The third-order valence-electron chi connectivity index (χ3n) is 3.96. The zero-order valence-electron chi connectivity index (χ0n) is 13.9. The van der Waals surface area contributed by atoms with E-state index in [0.717, 1.165) is 34.6 Å². The molecule has 3 aromatic rings. The van der Waals surface area contributed by atoms with Crippen molar-refractivity contribution in [2.75, 3.05) is 0 Å². The average Bonchev–Trinajstić information content (AvgIpc) is 2.92. The Morgan fingerprint density at radius 2 is 1.83 bits per heavy atom. The van der Waals surface area contributed by atoms with Gasteiger partial charge in [-0.05, 0) is 24.1 Å². The Hall–Kier alpha value is -2.95. The average molecular weight is 320 g/mol. The quantitative estimate of drug-likeness (QED) is 0.580. The summed E-state index contributed by atoms with van der Waals surface area (Å²) in [6.45, 7) is 2.02. The second-order valence-corrected chi connectivity index (χ2v) is 5.57. The molecular formula is C19H20N4O. The van der Waals surface area contributed by atoms with Crippen molar-refractivity contribution < 1.29 is 4.79 Å². The lowest BCUT2D eigenvalue weighted by Crippen LogP contribution is -2.23. The third-order valence-corrected chi connectivity index (χ3v) is 3.96. The summed E-state index contributed by atoms with van der Waals surface area (Å²) in [7, 11) is 1.92. The molecule has 3 rings (SSSR count). The molecule has 1 amide bonds. The van der Waals surface area contributed by atoms with Crippen LogP contribution in [0.5, 0.6) is 0 Å². The smallest absolute Gasteiger partial charge is 0.247 e. The summed E-state index contributed by atoms with van der Waals surface area (Å²) >= 11 is 0. The number of carbonyl (C=O) groups excluding carboxylic acids is 1. The minimum atomic E-state index is -0.171. The van der Waals surface area contributed by atoms with Crippen molar-refractivity contribution in [1.29, 1.82) is 0 Å². The lowest BCUT2D eigenvalue weighted by Gasteiger charge is -2.05. The molecule has 0 saturated carbocycles. The summed E-state index contributed by atoms with van der Waals surface area (Å²) in [5, 5.41) is 4.27. The van der Waals surface area contributed by atoms with E-state index in [4.69, 9.17) is 0 Å². The van der Waals surface area contributed by atoms with Crippen LogP contribution in [0.25, 0.3) is 11.0 Å². The molecule has 0 aliphatic rings. The van der Waals surface area contributed by atoms with Crippen LogP contribution in [0, 0.1) is 0 Å². The maximum Gasteiger partial charge on any atom is 0.247 e. The fraction of sp³-hybridized carbons (Fsp3) is 0.211. The monoisotopic (exact) mass is 320 g/mol. The van der Waals surface area contributed by atoms with Gasteiger partial charge in [-0.15, -0.1) is 0 Å². The van der Waals surface area contributed by atoms with Crippen LogP contribution in [-0.2, 0) is 18.3 Å². The summed E-state index contributed by atoms with van der Waals surface area (Å²) in [5.41, 5.74) is 6.43. The molecule has 0 aliphatic carbocycles. The maximum atomic E-state index is 12.2. The maximum absolute atomic E-state index is 12.2. The minimum Gasteiger partial charge on any atom is -0.331 e. The number of benzene rings is 2. The van der Waals surface area contributed by atoms with E-state index in [0.29, 0.717) is 0 Å². The topological polar surface area (TPSA) is 59.3 Å². The number of imidazole rings is 1. The van der Waals surface area contributed by atoms with E-state index in [-0.39, 0.29) is 12.3 Å². The molecule has 24 heavy (non-hydrogen) atoms. The predicted molar refractivity (Wildman–Crippen MR) is 95.8 cm³/mol. The number of hydrazone groups is 1. The van der Waals surface area contributed by atoms with E-state index in [1.165, 1.54) is 0 Å². The number of nitrogens with zero attached hydrogens (tertiary/aromatic N) is 3. The standard InChI is InChI=1S/C19H20N4O/c1-3-15(14-9-5-4-6-10-14)21-22-19(24)13-18-20-16-11-7-8-12-17(16)23(18)2/h4-12H,3,13H2,1-2H3,(H,22,24)/b21-15+. The van der Waals surface area contributed by atoms with Gasteiger partial charge in [-0.3, -0.25) is 4.79 Å². The molecule has 2 aromatic carbocycles. The molecule has 1 N–H and O–H groups in total. The molecule has 1 heterocycles. The first-order chi connectivity index (χ1) is 11.7. The van der Waals surface area contributed by atoms with Gasteiger partial charge in [0, 0.05) is 7.05 Å². The van der Waals surface area contributed by atoms with Crippen molar-refractivity contribution in [3.8, 4) is 0 Å². The lowest BCUT2D eigenvalue weighted by molar-refractivity contribution is -0.120. The predicted octanol–water partition coefficient (Wildman–Crippen LogP) is 3.05. The Balaban J connectivity index is 1.73. The highest BCUT2D eigenvalue weighted by molar-refractivity contribution is 6.00. The minimum absolute atomic E-state index is 0.171. The number of fused-ring (bicyclic) bond motifs is 1. The van der Waals surface area contributed by atoms with Crippen molar-refractivity contribution in [3.05, 3.63) is 66.0 Å². The van der Waals surface area contributed by atoms with E-state index in [2.05, 4.69) is 15.5 Å². The van der Waals surface area contributed by atoms with Crippen LogP contribution in [0.4, 0.5) is 0 Å². The van der Waals surface area contributed by atoms with E-state index in [1.807, 2.05) is 73.1 Å². The van der Waals surface area contributed by atoms with Crippen molar-refractivity contribution >= 4 is 22.7 Å². The van der Waals surface area contributed by atoms with Gasteiger partial charge >= 0.3 is 0 Å². The molecule has 0 radical (unpaired) electrons. The van der Waals surface area contributed by atoms with E-state index in [9.17, 15) is 4.79 Å². The van der Waals surface area contributed by atoms with Gasteiger partial charge in [-0.2, -0.15) is 5.10 Å². The second kappa shape index (κ2) is 7.08. The van der Waals surface area contributed by atoms with Crippen LogP contribution in [0.1, 0.15) is 24.7 Å².